The Bertz CT molecular complexity index is 1310. The van der Waals surface area contributed by atoms with E-state index in [1.165, 1.54) is 4.68 Å². The van der Waals surface area contributed by atoms with E-state index >= 15 is 0 Å². The molecule has 0 unspecified atom stereocenters. The lowest BCUT2D eigenvalue weighted by Gasteiger charge is -2.28. The molecule has 0 radical (unpaired) electrons. The maximum Gasteiger partial charge on any atom is 0.325 e. The number of ether oxygens (including phenoxy) is 2. The standard InChI is InChI=1S/C25H22N6O4/c1-34-20-12-8-17(9-13-20)25(18-10-14-21(35-2)15-11-18)23(32)30(24(33)26-25)16-22-27-28-29-31(22)19-6-4-3-5-7-19/h3-15H,16H2,1-2H3,(H,26,33). The molecule has 0 spiro atoms. The number of hydrogen-bond acceptors (Lipinski definition) is 7. The third-order valence-electron chi connectivity index (χ3n) is 5.99. The van der Waals surface area contributed by atoms with Crippen LogP contribution in [0, 0.1) is 0 Å². The van der Waals surface area contributed by atoms with Crippen molar-refractivity contribution < 1.29 is 19.1 Å². The Morgan fingerprint density at radius 3 is 1.94 bits per heavy atom. The molecule has 1 N–H and O–H groups in total. The number of benzene rings is 3. The van der Waals surface area contributed by atoms with E-state index in [1.807, 2.05) is 30.3 Å². The number of rotatable bonds is 7. The van der Waals surface area contributed by atoms with Crippen molar-refractivity contribution in [3.05, 3.63) is 95.8 Å². The Morgan fingerprint density at radius 2 is 1.40 bits per heavy atom. The van der Waals surface area contributed by atoms with E-state index < -0.39 is 17.5 Å². The van der Waals surface area contributed by atoms with E-state index in [-0.39, 0.29) is 6.54 Å². The van der Waals surface area contributed by atoms with Crippen molar-refractivity contribution >= 4 is 11.9 Å². The fourth-order valence-electron chi connectivity index (χ4n) is 4.18. The van der Waals surface area contributed by atoms with E-state index in [9.17, 15) is 9.59 Å². The number of carbonyl (C=O) groups is 2. The molecule has 1 aliphatic heterocycles. The van der Waals surface area contributed by atoms with E-state index in [2.05, 4.69) is 20.8 Å². The van der Waals surface area contributed by atoms with Gasteiger partial charge in [-0.1, -0.05) is 42.5 Å². The minimum absolute atomic E-state index is 0.110. The molecule has 176 valence electrons. The highest BCUT2D eigenvalue weighted by atomic mass is 16.5. The number of nitrogens with zero attached hydrogens (tertiary/aromatic N) is 5. The second-order valence-corrected chi connectivity index (χ2v) is 7.87. The number of methoxy groups -OCH3 is 2. The molecule has 0 aliphatic carbocycles. The highest BCUT2D eigenvalue weighted by Crippen LogP contribution is 2.38. The number of imide groups is 1. The van der Waals surface area contributed by atoms with Crippen molar-refractivity contribution in [2.75, 3.05) is 14.2 Å². The van der Waals surface area contributed by atoms with Crippen molar-refractivity contribution in [3.63, 3.8) is 0 Å². The Morgan fingerprint density at radius 1 is 0.829 bits per heavy atom. The van der Waals surface area contributed by atoms with Crippen LogP contribution in [0.1, 0.15) is 17.0 Å². The minimum Gasteiger partial charge on any atom is -0.497 e. The van der Waals surface area contributed by atoms with Crippen LogP contribution in [0.25, 0.3) is 5.69 Å². The van der Waals surface area contributed by atoms with Gasteiger partial charge in [0.2, 0.25) is 0 Å². The van der Waals surface area contributed by atoms with E-state index in [0.29, 0.717) is 28.5 Å². The first-order chi connectivity index (χ1) is 17.1. The molecule has 1 saturated heterocycles. The molecule has 10 heteroatoms. The molecule has 10 nitrogen and oxygen atoms in total. The first-order valence-electron chi connectivity index (χ1n) is 10.8. The largest absolute Gasteiger partial charge is 0.497 e. The van der Waals surface area contributed by atoms with Crippen LogP contribution in [0.15, 0.2) is 78.9 Å². The van der Waals surface area contributed by atoms with Gasteiger partial charge < -0.3 is 14.8 Å². The number of urea groups is 1. The summed E-state index contributed by atoms with van der Waals surface area (Å²) in [6, 6.07) is 22.8. The van der Waals surface area contributed by atoms with Crippen LogP contribution < -0.4 is 14.8 Å². The fourth-order valence-corrected chi connectivity index (χ4v) is 4.18. The summed E-state index contributed by atoms with van der Waals surface area (Å²) in [5.41, 5.74) is 0.454. The number of hydrogen-bond donors (Lipinski definition) is 1. The first-order valence-corrected chi connectivity index (χ1v) is 10.8. The number of carbonyl (C=O) groups excluding carboxylic acids is 2. The fraction of sp³-hybridized carbons (Fsp3) is 0.160. The van der Waals surface area contributed by atoms with E-state index in [1.54, 1.807) is 62.8 Å². The van der Waals surface area contributed by atoms with Gasteiger partial charge in [-0.05, 0) is 58.0 Å². The van der Waals surface area contributed by atoms with Crippen molar-refractivity contribution in [1.82, 2.24) is 30.4 Å². The zero-order valence-corrected chi connectivity index (χ0v) is 19.1. The normalized spacial score (nSPS) is 14.6. The number of aromatic nitrogens is 4. The van der Waals surface area contributed by atoms with Crippen molar-refractivity contribution in [1.29, 1.82) is 0 Å². The van der Waals surface area contributed by atoms with Gasteiger partial charge in [-0.25, -0.2) is 4.79 Å². The molecular weight excluding hydrogens is 448 g/mol. The smallest absolute Gasteiger partial charge is 0.325 e. The second-order valence-electron chi connectivity index (χ2n) is 7.87. The van der Waals surface area contributed by atoms with Gasteiger partial charge >= 0.3 is 6.03 Å². The third kappa shape index (κ3) is 3.74. The number of tetrazole rings is 1. The summed E-state index contributed by atoms with van der Waals surface area (Å²) < 4.78 is 12.0. The molecule has 1 fully saturated rings. The molecule has 4 aromatic rings. The molecule has 3 amide bonds. The van der Waals surface area contributed by atoms with Crippen LogP contribution in [0.2, 0.25) is 0 Å². The summed E-state index contributed by atoms with van der Waals surface area (Å²) in [5.74, 6) is 1.17. The van der Waals surface area contributed by atoms with Gasteiger partial charge in [-0.15, -0.1) is 5.10 Å². The summed E-state index contributed by atoms with van der Waals surface area (Å²) in [4.78, 5) is 28.4. The van der Waals surface area contributed by atoms with Gasteiger partial charge in [0, 0.05) is 0 Å². The molecule has 1 aromatic heterocycles. The zero-order valence-electron chi connectivity index (χ0n) is 19.1. The summed E-state index contributed by atoms with van der Waals surface area (Å²) >= 11 is 0. The molecular formula is C25H22N6O4. The summed E-state index contributed by atoms with van der Waals surface area (Å²) in [6.45, 7) is -0.110. The topological polar surface area (TPSA) is 111 Å². The molecule has 5 rings (SSSR count). The monoisotopic (exact) mass is 470 g/mol. The number of para-hydroxylation sites is 1. The van der Waals surface area contributed by atoms with Gasteiger partial charge in [0.25, 0.3) is 5.91 Å². The Balaban J connectivity index is 1.56. The third-order valence-corrected chi connectivity index (χ3v) is 5.99. The molecule has 35 heavy (non-hydrogen) atoms. The Hall–Kier alpha value is -4.73. The molecule has 0 atom stereocenters. The summed E-state index contributed by atoms with van der Waals surface area (Å²) in [6.07, 6.45) is 0. The molecule has 0 saturated carbocycles. The first kappa shape index (κ1) is 22.1. The average molecular weight is 470 g/mol. The van der Waals surface area contributed by atoms with Crippen LogP contribution in [0.4, 0.5) is 4.79 Å². The van der Waals surface area contributed by atoms with Gasteiger partial charge in [0.15, 0.2) is 11.4 Å². The minimum atomic E-state index is -1.44. The molecule has 0 bridgehead atoms. The van der Waals surface area contributed by atoms with Gasteiger partial charge in [0.05, 0.1) is 26.5 Å². The second kappa shape index (κ2) is 8.90. The quantitative estimate of drug-likeness (QED) is 0.413. The van der Waals surface area contributed by atoms with Crippen LogP contribution in [0.5, 0.6) is 11.5 Å². The van der Waals surface area contributed by atoms with Crippen molar-refractivity contribution in [3.8, 4) is 17.2 Å². The van der Waals surface area contributed by atoms with Crippen molar-refractivity contribution in [2.45, 2.75) is 12.1 Å². The lowest BCUT2D eigenvalue weighted by molar-refractivity contribution is -0.130. The van der Waals surface area contributed by atoms with Crippen molar-refractivity contribution in [2.24, 2.45) is 0 Å². The predicted molar refractivity (Wildman–Crippen MR) is 125 cm³/mol. The highest BCUT2D eigenvalue weighted by molar-refractivity contribution is 6.09. The van der Waals surface area contributed by atoms with Gasteiger partial charge in [-0.3, -0.25) is 9.69 Å². The maximum atomic E-state index is 14.0. The summed E-state index contributed by atoms with van der Waals surface area (Å²) in [7, 11) is 3.13. The lowest BCUT2D eigenvalue weighted by atomic mass is 9.82. The number of nitrogens with one attached hydrogen (secondary N) is 1. The van der Waals surface area contributed by atoms with Gasteiger partial charge in [0.1, 0.15) is 11.5 Å². The van der Waals surface area contributed by atoms with Crippen LogP contribution in [0.3, 0.4) is 0 Å². The van der Waals surface area contributed by atoms with Crippen LogP contribution in [-0.2, 0) is 16.9 Å². The van der Waals surface area contributed by atoms with Crippen LogP contribution >= 0.6 is 0 Å². The molecule has 2 heterocycles. The average Bonchev–Trinajstić information content (AvgIpc) is 3.48. The zero-order chi connectivity index (χ0) is 24.4. The van der Waals surface area contributed by atoms with E-state index in [0.717, 1.165) is 10.6 Å². The Kier molecular flexibility index (Phi) is 5.61. The Labute approximate surface area is 201 Å². The van der Waals surface area contributed by atoms with Crippen LogP contribution in [-0.4, -0.2) is 51.3 Å². The molecule has 3 aromatic carbocycles. The predicted octanol–water partition coefficient (Wildman–Crippen LogP) is 2.68. The highest BCUT2D eigenvalue weighted by Gasteiger charge is 2.54. The SMILES string of the molecule is COc1ccc(C2(c3ccc(OC)cc3)NC(=O)N(Cc3nnnn3-c3ccccc3)C2=O)cc1. The summed E-state index contributed by atoms with van der Waals surface area (Å²) in [5, 5.41) is 14.8. The van der Waals surface area contributed by atoms with Gasteiger partial charge in [-0.2, -0.15) is 4.68 Å². The molecule has 1 aliphatic rings. The number of amides is 3. The lowest BCUT2D eigenvalue weighted by Crippen LogP contribution is -2.45. The maximum absolute atomic E-state index is 14.0. The van der Waals surface area contributed by atoms with E-state index in [4.69, 9.17) is 9.47 Å².